The topological polar surface area (TPSA) is 21.3 Å². The molecule has 0 heterocycles. The molecule has 2 aromatic carbocycles. The van der Waals surface area contributed by atoms with Crippen LogP contribution < -0.4 is 10.1 Å². The zero-order chi connectivity index (χ0) is 15.1. The molecule has 2 heteroatoms. The van der Waals surface area contributed by atoms with Crippen molar-refractivity contribution in [1.29, 1.82) is 0 Å². The van der Waals surface area contributed by atoms with Crippen LogP contribution in [0.5, 0.6) is 5.75 Å². The Balaban J connectivity index is 2.13. The molecular formula is C19H23NO. The highest BCUT2D eigenvalue weighted by Gasteiger charge is 2.07. The molecule has 0 aliphatic heterocycles. The van der Waals surface area contributed by atoms with Gasteiger partial charge in [0.2, 0.25) is 0 Å². The lowest BCUT2D eigenvalue weighted by atomic mass is 10.0. The Morgan fingerprint density at radius 3 is 2.52 bits per heavy atom. The average molecular weight is 281 g/mol. The number of nitrogens with one attached hydrogen (secondary N) is 1. The van der Waals surface area contributed by atoms with Gasteiger partial charge in [0.1, 0.15) is 5.75 Å². The summed E-state index contributed by atoms with van der Waals surface area (Å²) in [5, 5.41) is 3.49. The fourth-order valence-electron chi connectivity index (χ4n) is 2.35. The van der Waals surface area contributed by atoms with E-state index in [1.165, 1.54) is 11.1 Å². The number of para-hydroxylation sites is 1. The molecule has 110 valence electrons. The minimum atomic E-state index is 0.344. The Hall–Kier alpha value is -2.06. The van der Waals surface area contributed by atoms with Crippen LogP contribution in [-0.4, -0.2) is 13.7 Å². The zero-order valence-corrected chi connectivity index (χ0v) is 12.8. The van der Waals surface area contributed by atoms with Crippen molar-refractivity contribution < 1.29 is 4.74 Å². The summed E-state index contributed by atoms with van der Waals surface area (Å²) >= 11 is 0. The monoisotopic (exact) mass is 281 g/mol. The van der Waals surface area contributed by atoms with Crippen LogP contribution in [0, 0.1) is 0 Å². The number of hydrogen-bond donors (Lipinski definition) is 1. The van der Waals surface area contributed by atoms with E-state index in [1.54, 1.807) is 7.11 Å². The second-order valence-electron chi connectivity index (χ2n) is 5.08. The minimum absolute atomic E-state index is 0.344. The van der Waals surface area contributed by atoms with E-state index in [1.807, 2.05) is 24.3 Å². The molecule has 0 saturated heterocycles. The van der Waals surface area contributed by atoms with Crippen molar-refractivity contribution in [1.82, 2.24) is 5.32 Å². The van der Waals surface area contributed by atoms with Crippen molar-refractivity contribution in [2.24, 2.45) is 0 Å². The van der Waals surface area contributed by atoms with Crippen molar-refractivity contribution in [2.75, 3.05) is 13.7 Å². The van der Waals surface area contributed by atoms with E-state index in [-0.39, 0.29) is 0 Å². The second kappa shape index (κ2) is 7.65. The highest BCUT2D eigenvalue weighted by atomic mass is 16.5. The summed E-state index contributed by atoms with van der Waals surface area (Å²) in [4.78, 5) is 0. The minimum Gasteiger partial charge on any atom is -0.496 e. The van der Waals surface area contributed by atoms with Crippen LogP contribution in [-0.2, 0) is 0 Å². The number of hydrogen-bond acceptors (Lipinski definition) is 2. The van der Waals surface area contributed by atoms with Gasteiger partial charge in [0.25, 0.3) is 0 Å². The fourth-order valence-corrected chi connectivity index (χ4v) is 2.35. The van der Waals surface area contributed by atoms with Crippen molar-refractivity contribution in [3.63, 3.8) is 0 Å². The first kappa shape index (κ1) is 15.3. The normalized spacial score (nSPS) is 11.9. The van der Waals surface area contributed by atoms with Gasteiger partial charge in [0.15, 0.2) is 0 Å². The van der Waals surface area contributed by atoms with Crippen LogP contribution in [0.4, 0.5) is 0 Å². The Labute approximate surface area is 127 Å². The number of ether oxygens (including phenoxy) is 1. The summed E-state index contributed by atoms with van der Waals surface area (Å²) in [6.07, 6.45) is 2.92. The zero-order valence-electron chi connectivity index (χ0n) is 12.8. The molecule has 0 aliphatic rings. The van der Waals surface area contributed by atoms with Crippen LogP contribution in [0.25, 0.3) is 11.1 Å². The molecule has 1 N–H and O–H groups in total. The predicted octanol–water partition coefficient (Wildman–Crippen LogP) is 4.59. The predicted molar refractivity (Wildman–Crippen MR) is 89.7 cm³/mol. The Morgan fingerprint density at radius 2 is 1.86 bits per heavy atom. The van der Waals surface area contributed by atoms with Crippen molar-refractivity contribution in [3.8, 4) is 16.9 Å². The van der Waals surface area contributed by atoms with Gasteiger partial charge < -0.3 is 10.1 Å². The van der Waals surface area contributed by atoms with Gasteiger partial charge in [-0.1, -0.05) is 48.5 Å². The SMILES string of the molecule is C=CCCNC(C)c1ccc(-c2ccccc2OC)cc1. The van der Waals surface area contributed by atoms with Crippen molar-refractivity contribution in [3.05, 3.63) is 66.7 Å². The first-order valence-electron chi connectivity index (χ1n) is 7.34. The molecule has 0 radical (unpaired) electrons. The fraction of sp³-hybridized carbons (Fsp3) is 0.263. The van der Waals surface area contributed by atoms with Crippen LogP contribution in [0.1, 0.15) is 24.9 Å². The molecule has 0 aromatic heterocycles. The molecular weight excluding hydrogens is 258 g/mol. The van der Waals surface area contributed by atoms with E-state index < -0.39 is 0 Å². The third-order valence-corrected chi connectivity index (χ3v) is 3.63. The molecule has 0 spiro atoms. The molecule has 0 bridgehead atoms. The number of rotatable bonds is 7. The van der Waals surface area contributed by atoms with Crippen LogP contribution in [0.2, 0.25) is 0 Å². The number of benzene rings is 2. The van der Waals surface area contributed by atoms with Gasteiger partial charge in [-0.3, -0.25) is 0 Å². The van der Waals surface area contributed by atoms with Gasteiger partial charge in [-0.2, -0.15) is 0 Å². The van der Waals surface area contributed by atoms with Gasteiger partial charge in [-0.05, 0) is 37.1 Å². The first-order chi connectivity index (χ1) is 10.3. The third kappa shape index (κ3) is 3.96. The highest BCUT2D eigenvalue weighted by molar-refractivity contribution is 5.70. The van der Waals surface area contributed by atoms with Gasteiger partial charge in [-0.15, -0.1) is 6.58 Å². The molecule has 0 saturated carbocycles. The van der Waals surface area contributed by atoms with E-state index in [4.69, 9.17) is 4.74 Å². The van der Waals surface area contributed by atoms with Gasteiger partial charge in [-0.25, -0.2) is 0 Å². The van der Waals surface area contributed by atoms with Gasteiger partial charge in [0.05, 0.1) is 7.11 Å². The standard InChI is InChI=1S/C19H23NO/c1-4-5-14-20-15(2)16-10-12-17(13-11-16)18-8-6-7-9-19(18)21-3/h4,6-13,15,20H,1,5,14H2,2-3H3. The van der Waals surface area contributed by atoms with E-state index in [9.17, 15) is 0 Å². The second-order valence-corrected chi connectivity index (χ2v) is 5.08. The quantitative estimate of drug-likeness (QED) is 0.592. The van der Waals surface area contributed by atoms with E-state index in [0.29, 0.717) is 6.04 Å². The summed E-state index contributed by atoms with van der Waals surface area (Å²) < 4.78 is 5.42. The molecule has 2 nitrogen and oxygen atoms in total. The maximum atomic E-state index is 5.42. The summed E-state index contributed by atoms with van der Waals surface area (Å²) in [6.45, 7) is 6.88. The number of methoxy groups -OCH3 is 1. The van der Waals surface area contributed by atoms with E-state index >= 15 is 0 Å². The molecule has 1 unspecified atom stereocenters. The molecule has 2 rings (SSSR count). The van der Waals surface area contributed by atoms with Crippen LogP contribution >= 0.6 is 0 Å². The van der Waals surface area contributed by atoms with Crippen molar-refractivity contribution in [2.45, 2.75) is 19.4 Å². The van der Waals surface area contributed by atoms with Gasteiger partial charge >= 0.3 is 0 Å². The first-order valence-corrected chi connectivity index (χ1v) is 7.34. The van der Waals surface area contributed by atoms with Crippen LogP contribution in [0.15, 0.2) is 61.2 Å². The summed E-state index contributed by atoms with van der Waals surface area (Å²) in [6, 6.07) is 17.1. The van der Waals surface area contributed by atoms with Gasteiger partial charge in [0, 0.05) is 11.6 Å². The lowest BCUT2D eigenvalue weighted by Gasteiger charge is -2.15. The summed E-state index contributed by atoms with van der Waals surface area (Å²) in [7, 11) is 1.71. The molecule has 0 amide bonds. The Bertz CT molecular complexity index is 574. The molecule has 1 atom stereocenters. The molecule has 0 aliphatic carbocycles. The highest BCUT2D eigenvalue weighted by Crippen LogP contribution is 2.30. The molecule has 0 fully saturated rings. The Morgan fingerprint density at radius 1 is 1.14 bits per heavy atom. The summed E-state index contributed by atoms with van der Waals surface area (Å²) in [5.74, 6) is 0.905. The van der Waals surface area contributed by atoms with E-state index in [0.717, 1.165) is 24.3 Å². The van der Waals surface area contributed by atoms with Crippen molar-refractivity contribution >= 4 is 0 Å². The largest absolute Gasteiger partial charge is 0.496 e. The lowest BCUT2D eigenvalue weighted by molar-refractivity contribution is 0.416. The van der Waals surface area contributed by atoms with Crippen LogP contribution in [0.3, 0.4) is 0 Å². The average Bonchev–Trinajstić information content (AvgIpc) is 2.55. The maximum Gasteiger partial charge on any atom is 0.126 e. The lowest BCUT2D eigenvalue weighted by Crippen LogP contribution is -2.19. The molecule has 2 aromatic rings. The smallest absolute Gasteiger partial charge is 0.126 e. The third-order valence-electron chi connectivity index (χ3n) is 3.63. The summed E-state index contributed by atoms with van der Waals surface area (Å²) in [5.41, 5.74) is 3.59. The Kier molecular flexibility index (Phi) is 5.59. The molecule has 21 heavy (non-hydrogen) atoms. The maximum absolute atomic E-state index is 5.42. The van der Waals surface area contributed by atoms with E-state index in [2.05, 4.69) is 49.2 Å².